The molecule has 2 heterocycles. The number of halogens is 1. The molecule has 0 bridgehead atoms. The lowest BCUT2D eigenvalue weighted by Crippen LogP contribution is -2.08. The second-order valence-corrected chi connectivity index (χ2v) is 5.59. The Morgan fingerprint density at radius 3 is 2.83 bits per heavy atom. The Hall–Kier alpha value is -2.60. The molecule has 0 aliphatic carbocycles. The third kappa shape index (κ3) is 3.43. The van der Waals surface area contributed by atoms with Gasteiger partial charge < -0.3 is 4.74 Å². The van der Waals surface area contributed by atoms with Crippen molar-refractivity contribution in [3.05, 3.63) is 68.7 Å². The lowest BCUT2D eigenvalue weighted by molar-refractivity contribution is 0.428. The zero-order valence-corrected chi connectivity index (χ0v) is 13.5. The van der Waals surface area contributed by atoms with Crippen LogP contribution in [0.3, 0.4) is 0 Å². The van der Waals surface area contributed by atoms with Crippen LogP contribution in [0.4, 0.5) is 0 Å². The average molecular weight is 331 g/mol. The average Bonchev–Trinajstić information content (AvgIpc) is 2.77. The molecular weight excluding hydrogens is 316 g/mol. The minimum absolute atomic E-state index is 0.225. The van der Waals surface area contributed by atoms with E-state index in [0.29, 0.717) is 23.1 Å². The normalized spacial score (nSPS) is 10.7. The van der Waals surface area contributed by atoms with Crippen LogP contribution in [0, 0.1) is 6.92 Å². The van der Waals surface area contributed by atoms with E-state index in [9.17, 15) is 4.79 Å². The van der Waals surface area contributed by atoms with Crippen LogP contribution in [-0.2, 0) is 13.5 Å². The fraction of sp³-hybridized carbons (Fsp3) is 0.188. The highest BCUT2D eigenvalue weighted by Gasteiger charge is 2.15. The molecule has 0 fully saturated rings. The first-order valence-corrected chi connectivity index (χ1v) is 7.41. The number of hydrogen-bond donors (Lipinski definition) is 1. The number of H-pyrrole nitrogens is 1. The van der Waals surface area contributed by atoms with Crippen molar-refractivity contribution in [3.8, 4) is 11.6 Å². The fourth-order valence-corrected chi connectivity index (χ4v) is 2.44. The van der Waals surface area contributed by atoms with Gasteiger partial charge in [0, 0.05) is 30.1 Å². The molecule has 0 saturated heterocycles. The smallest absolute Gasteiger partial charge is 0.264 e. The number of rotatable bonds is 4. The molecule has 0 saturated carbocycles. The third-order valence-corrected chi connectivity index (χ3v) is 3.65. The number of nitrogens with one attached hydrogen (secondary N) is 1. The molecule has 3 rings (SSSR count). The molecule has 0 spiro atoms. The molecule has 6 nitrogen and oxygen atoms in total. The van der Waals surface area contributed by atoms with Gasteiger partial charge in [0.25, 0.3) is 5.56 Å². The molecule has 118 valence electrons. The van der Waals surface area contributed by atoms with Gasteiger partial charge in [-0.3, -0.25) is 4.79 Å². The zero-order valence-electron chi connectivity index (χ0n) is 12.7. The summed E-state index contributed by atoms with van der Waals surface area (Å²) >= 11 is 5.98. The van der Waals surface area contributed by atoms with E-state index in [1.807, 2.05) is 26.1 Å². The number of hydrogen-bond acceptors (Lipinski definition) is 4. The first kappa shape index (κ1) is 15.3. The number of nitrogens with zero attached hydrogens (tertiary/aromatic N) is 3. The topological polar surface area (TPSA) is 72.8 Å². The maximum atomic E-state index is 11.1. The van der Waals surface area contributed by atoms with Gasteiger partial charge in [0.1, 0.15) is 5.75 Å². The zero-order chi connectivity index (χ0) is 16.4. The molecule has 1 N–H and O–H groups in total. The van der Waals surface area contributed by atoms with E-state index < -0.39 is 0 Å². The van der Waals surface area contributed by atoms with Crippen molar-refractivity contribution in [2.45, 2.75) is 13.3 Å². The largest absolute Gasteiger partial charge is 0.439 e. The van der Waals surface area contributed by atoms with Crippen LogP contribution < -0.4 is 10.3 Å². The second-order valence-electron chi connectivity index (χ2n) is 5.15. The summed E-state index contributed by atoms with van der Waals surface area (Å²) in [4.78, 5) is 11.1. The van der Waals surface area contributed by atoms with E-state index in [0.717, 1.165) is 17.0 Å². The van der Waals surface area contributed by atoms with Crippen LogP contribution in [0.5, 0.6) is 11.6 Å². The summed E-state index contributed by atoms with van der Waals surface area (Å²) in [6.45, 7) is 1.94. The predicted octanol–water partition coefficient (Wildman–Crippen LogP) is 2.85. The van der Waals surface area contributed by atoms with Crippen molar-refractivity contribution in [1.29, 1.82) is 0 Å². The summed E-state index contributed by atoms with van der Waals surface area (Å²) in [5, 5.41) is 11.5. The Kier molecular flexibility index (Phi) is 4.16. The Morgan fingerprint density at radius 2 is 2.13 bits per heavy atom. The van der Waals surface area contributed by atoms with E-state index in [1.165, 1.54) is 6.07 Å². The first-order valence-electron chi connectivity index (χ1n) is 7.03. The quantitative estimate of drug-likeness (QED) is 0.798. The number of benzene rings is 1. The second kappa shape index (κ2) is 6.26. The highest BCUT2D eigenvalue weighted by Crippen LogP contribution is 2.28. The number of ether oxygens (including phenoxy) is 1. The third-order valence-electron chi connectivity index (χ3n) is 3.41. The highest BCUT2D eigenvalue weighted by atomic mass is 35.5. The van der Waals surface area contributed by atoms with Crippen LogP contribution in [0.25, 0.3) is 0 Å². The fourth-order valence-electron chi connectivity index (χ4n) is 2.26. The molecule has 0 aliphatic heterocycles. The summed E-state index contributed by atoms with van der Waals surface area (Å²) in [6, 6.07) is 10.3. The number of aryl methyl sites for hydroxylation is 1. The Labute approximate surface area is 137 Å². The summed E-state index contributed by atoms with van der Waals surface area (Å²) in [6.07, 6.45) is 0.509. The molecule has 3 aromatic rings. The molecule has 0 radical (unpaired) electrons. The standard InChI is InChI=1S/C16H15ClN4O2/c1-10-14(9-12-6-7-15(22)19-18-12)20-21(2)16(10)23-13-5-3-4-11(17)8-13/h3-8H,9H2,1-2H3,(H,19,22). The van der Waals surface area contributed by atoms with Crippen molar-refractivity contribution < 1.29 is 4.74 Å². The molecule has 0 atom stereocenters. The minimum Gasteiger partial charge on any atom is -0.439 e. The van der Waals surface area contributed by atoms with Crippen LogP contribution in [-0.4, -0.2) is 20.0 Å². The van der Waals surface area contributed by atoms with Gasteiger partial charge in [-0.25, -0.2) is 9.78 Å². The lowest BCUT2D eigenvalue weighted by atomic mass is 10.1. The van der Waals surface area contributed by atoms with Gasteiger partial charge in [-0.15, -0.1) is 0 Å². The Balaban J connectivity index is 1.87. The molecule has 2 aromatic heterocycles. The first-order chi connectivity index (χ1) is 11.0. The van der Waals surface area contributed by atoms with Crippen molar-refractivity contribution >= 4 is 11.6 Å². The van der Waals surface area contributed by atoms with E-state index in [4.69, 9.17) is 16.3 Å². The van der Waals surface area contributed by atoms with Gasteiger partial charge in [-0.2, -0.15) is 10.2 Å². The van der Waals surface area contributed by atoms with Gasteiger partial charge in [-0.05, 0) is 31.2 Å². The van der Waals surface area contributed by atoms with Crippen LogP contribution in [0.2, 0.25) is 5.02 Å². The summed E-state index contributed by atoms with van der Waals surface area (Å²) in [5.74, 6) is 1.30. The predicted molar refractivity (Wildman–Crippen MR) is 87.1 cm³/mol. The van der Waals surface area contributed by atoms with Crippen molar-refractivity contribution in [1.82, 2.24) is 20.0 Å². The van der Waals surface area contributed by atoms with E-state index >= 15 is 0 Å². The van der Waals surface area contributed by atoms with E-state index in [-0.39, 0.29) is 5.56 Å². The number of aromatic amines is 1. The number of aromatic nitrogens is 4. The monoisotopic (exact) mass is 330 g/mol. The van der Waals surface area contributed by atoms with Gasteiger partial charge >= 0.3 is 0 Å². The molecule has 0 unspecified atom stereocenters. The molecule has 0 amide bonds. The van der Waals surface area contributed by atoms with Gasteiger partial charge in [-0.1, -0.05) is 17.7 Å². The molecule has 23 heavy (non-hydrogen) atoms. The molecule has 7 heteroatoms. The highest BCUT2D eigenvalue weighted by molar-refractivity contribution is 6.30. The van der Waals surface area contributed by atoms with Gasteiger partial charge in [0.2, 0.25) is 5.88 Å². The van der Waals surface area contributed by atoms with Crippen LogP contribution in [0.15, 0.2) is 41.2 Å². The van der Waals surface area contributed by atoms with Crippen molar-refractivity contribution in [2.75, 3.05) is 0 Å². The summed E-state index contributed by atoms with van der Waals surface area (Å²) in [7, 11) is 1.82. The molecular formula is C16H15ClN4O2. The maximum absolute atomic E-state index is 11.1. The van der Waals surface area contributed by atoms with E-state index in [2.05, 4.69) is 15.3 Å². The molecule has 1 aromatic carbocycles. The Bertz CT molecular complexity index is 881. The van der Waals surface area contributed by atoms with Gasteiger partial charge in [0.15, 0.2) is 0 Å². The minimum atomic E-state index is -0.225. The van der Waals surface area contributed by atoms with Crippen molar-refractivity contribution in [2.24, 2.45) is 7.05 Å². The van der Waals surface area contributed by atoms with Crippen molar-refractivity contribution in [3.63, 3.8) is 0 Å². The summed E-state index contributed by atoms with van der Waals surface area (Å²) in [5.41, 5.74) is 2.26. The van der Waals surface area contributed by atoms with E-state index in [1.54, 1.807) is 22.9 Å². The maximum Gasteiger partial charge on any atom is 0.264 e. The van der Waals surface area contributed by atoms with Crippen LogP contribution >= 0.6 is 11.6 Å². The SMILES string of the molecule is Cc1c(Cc2ccc(=O)[nH]n2)nn(C)c1Oc1cccc(Cl)c1. The molecule has 0 aliphatic rings. The van der Waals surface area contributed by atoms with Gasteiger partial charge in [0.05, 0.1) is 11.4 Å². The van der Waals surface area contributed by atoms with Crippen LogP contribution in [0.1, 0.15) is 17.0 Å². The lowest BCUT2D eigenvalue weighted by Gasteiger charge is -2.07. The Morgan fingerprint density at radius 1 is 1.30 bits per heavy atom. The summed E-state index contributed by atoms with van der Waals surface area (Å²) < 4.78 is 7.57.